The molecule has 2 rings (SSSR count). The number of fused-ring (bicyclic) bond motifs is 1. The second-order valence-electron chi connectivity index (χ2n) is 4.78. The molecule has 0 aliphatic heterocycles. The molecule has 0 amide bonds. The van der Waals surface area contributed by atoms with Gasteiger partial charge in [-0.25, -0.2) is 4.98 Å². The highest BCUT2D eigenvalue weighted by Gasteiger charge is 2.12. The lowest BCUT2D eigenvalue weighted by molar-refractivity contribution is 0.0925. The van der Waals surface area contributed by atoms with Gasteiger partial charge in [-0.1, -0.05) is 6.07 Å². The molecule has 5 heteroatoms. The summed E-state index contributed by atoms with van der Waals surface area (Å²) in [5, 5.41) is 18.2. The number of aliphatic hydroxyl groups excluding tert-OH is 2. The largest absolute Gasteiger partial charge is 0.441 e. The standard InChI is InChI=1S/C14H20N2O3/c1-10-15-13-7-11(3-4-14(13)19-10)5-6-16(2)12(8-17)9-18/h3-4,7,12,17-18H,5-6,8-9H2,1-2H3. The Hall–Kier alpha value is -1.43. The molecule has 1 aromatic carbocycles. The van der Waals surface area contributed by atoms with Gasteiger partial charge in [0.1, 0.15) is 5.52 Å². The van der Waals surface area contributed by atoms with E-state index in [1.165, 1.54) is 5.56 Å². The SMILES string of the molecule is Cc1nc2cc(CCN(C)C(CO)CO)ccc2o1. The first-order valence-electron chi connectivity index (χ1n) is 6.42. The maximum Gasteiger partial charge on any atom is 0.192 e. The van der Waals surface area contributed by atoms with Crippen LogP contribution in [0.15, 0.2) is 22.6 Å². The molecular weight excluding hydrogens is 244 g/mol. The second kappa shape index (κ2) is 6.14. The van der Waals surface area contributed by atoms with Gasteiger partial charge in [-0.3, -0.25) is 4.90 Å². The summed E-state index contributed by atoms with van der Waals surface area (Å²) >= 11 is 0. The molecule has 5 nitrogen and oxygen atoms in total. The summed E-state index contributed by atoms with van der Waals surface area (Å²) in [4.78, 5) is 6.26. The molecule has 0 atom stereocenters. The number of aryl methyl sites for hydroxylation is 1. The first kappa shape index (κ1) is 14.0. The summed E-state index contributed by atoms with van der Waals surface area (Å²) in [6.45, 7) is 2.54. The Balaban J connectivity index is 2.01. The molecule has 19 heavy (non-hydrogen) atoms. The molecule has 0 saturated heterocycles. The maximum absolute atomic E-state index is 9.11. The van der Waals surface area contributed by atoms with Crippen molar-refractivity contribution in [2.45, 2.75) is 19.4 Å². The Labute approximate surface area is 112 Å². The lowest BCUT2D eigenvalue weighted by atomic mass is 10.1. The Morgan fingerprint density at radius 3 is 2.74 bits per heavy atom. The van der Waals surface area contributed by atoms with Gasteiger partial charge in [-0.15, -0.1) is 0 Å². The number of nitrogens with zero attached hydrogens (tertiary/aromatic N) is 2. The summed E-state index contributed by atoms with van der Waals surface area (Å²) in [5.74, 6) is 0.671. The number of rotatable bonds is 6. The van der Waals surface area contributed by atoms with Crippen LogP contribution in [0.4, 0.5) is 0 Å². The van der Waals surface area contributed by atoms with Crippen LogP contribution in [0.2, 0.25) is 0 Å². The molecule has 0 spiro atoms. The van der Waals surface area contributed by atoms with Crippen LogP contribution >= 0.6 is 0 Å². The minimum absolute atomic E-state index is 0.0332. The molecule has 104 valence electrons. The van der Waals surface area contributed by atoms with Crippen LogP contribution in [-0.4, -0.2) is 52.9 Å². The molecule has 1 aromatic heterocycles. The number of aliphatic hydroxyl groups is 2. The van der Waals surface area contributed by atoms with Crippen molar-refractivity contribution < 1.29 is 14.6 Å². The molecule has 0 bridgehead atoms. The predicted octanol–water partition coefficient (Wildman–Crippen LogP) is 0.964. The monoisotopic (exact) mass is 264 g/mol. The number of likely N-dealkylation sites (N-methyl/N-ethyl adjacent to an activating group) is 1. The van der Waals surface area contributed by atoms with Gasteiger partial charge in [0.2, 0.25) is 0 Å². The van der Waals surface area contributed by atoms with Gasteiger partial charge >= 0.3 is 0 Å². The van der Waals surface area contributed by atoms with Crippen molar-refractivity contribution in [3.63, 3.8) is 0 Å². The van der Waals surface area contributed by atoms with Crippen LogP contribution in [0.25, 0.3) is 11.1 Å². The van der Waals surface area contributed by atoms with E-state index in [-0.39, 0.29) is 19.3 Å². The van der Waals surface area contributed by atoms with Gasteiger partial charge in [0.05, 0.1) is 19.3 Å². The number of aromatic nitrogens is 1. The lowest BCUT2D eigenvalue weighted by Gasteiger charge is -2.24. The van der Waals surface area contributed by atoms with E-state index in [4.69, 9.17) is 14.6 Å². The molecule has 0 radical (unpaired) electrons. The smallest absolute Gasteiger partial charge is 0.192 e. The third-order valence-electron chi connectivity index (χ3n) is 3.36. The van der Waals surface area contributed by atoms with Crippen LogP contribution in [0.5, 0.6) is 0 Å². The maximum atomic E-state index is 9.11. The highest BCUT2D eigenvalue weighted by Crippen LogP contribution is 2.17. The van der Waals surface area contributed by atoms with Crippen molar-refractivity contribution in [2.24, 2.45) is 0 Å². The topological polar surface area (TPSA) is 69.7 Å². The van der Waals surface area contributed by atoms with E-state index in [9.17, 15) is 0 Å². The highest BCUT2D eigenvalue weighted by molar-refractivity contribution is 5.73. The molecule has 0 aliphatic carbocycles. The van der Waals surface area contributed by atoms with Crippen LogP contribution in [0, 0.1) is 6.92 Å². The Kier molecular flexibility index (Phi) is 4.52. The van der Waals surface area contributed by atoms with Crippen LogP contribution in [0.3, 0.4) is 0 Å². The molecule has 1 heterocycles. The molecule has 0 aliphatic rings. The van der Waals surface area contributed by atoms with Crippen molar-refractivity contribution in [2.75, 3.05) is 26.8 Å². The van der Waals surface area contributed by atoms with E-state index in [2.05, 4.69) is 4.98 Å². The number of oxazole rings is 1. The van der Waals surface area contributed by atoms with Crippen molar-refractivity contribution in [3.8, 4) is 0 Å². The minimum Gasteiger partial charge on any atom is -0.441 e. The zero-order valence-electron chi connectivity index (χ0n) is 11.3. The first-order valence-corrected chi connectivity index (χ1v) is 6.42. The summed E-state index contributed by atoms with van der Waals surface area (Å²) in [6, 6.07) is 5.78. The second-order valence-corrected chi connectivity index (χ2v) is 4.78. The van der Waals surface area contributed by atoms with E-state index >= 15 is 0 Å². The molecule has 2 N–H and O–H groups in total. The third kappa shape index (κ3) is 3.32. The molecule has 0 fully saturated rings. The molecular formula is C14H20N2O3. The number of hydrogen-bond acceptors (Lipinski definition) is 5. The fourth-order valence-corrected chi connectivity index (χ4v) is 2.07. The Morgan fingerprint density at radius 2 is 2.05 bits per heavy atom. The Morgan fingerprint density at radius 1 is 1.32 bits per heavy atom. The van der Waals surface area contributed by atoms with Crippen LogP contribution in [0.1, 0.15) is 11.5 Å². The average molecular weight is 264 g/mol. The summed E-state index contributed by atoms with van der Waals surface area (Å²) in [6.07, 6.45) is 0.842. The van der Waals surface area contributed by atoms with E-state index in [0.29, 0.717) is 5.89 Å². The predicted molar refractivity (Wildman–Crippen MR) is 73.0 cm³/mol. The van der Waals surface area contributed by atoms with Gasteiger partial charge in [-0.05, 0) is 31.2 Å². The van der Waals surface area contributed by atoms with E-state index in [0.717, 1.165) is 24.1 Å². The van der Waals surface area contributed by atoms with Crippen molar-refractivity contribution in [1.82, 2.24) is 9.88 Å². The fourth-order valence-electron chi connectivity index (χ4n) is 2.07. The van der Waals surface area contributed by atoms with E-state index < -0.39 is 0 Å². The van der Waals surface area contributed by atoms with Crippen LogP contribution in [-0.2, 0) is 6.42 Å². The molecule has 2 aromatic rings. The summed E-state index contributed by atoms with van der Waals surface area (Å²) in [7, 11) is 1.90. The lowest BCUT2D eigenvalue weighted by Crippen LogP contribution is -2.38. The normalized spacial score (nSPS) is 11.9. The van der Waals surface area contributed by atoms with Gasteiger partial charge in [-0.2, -0.15) is 0 Å². The van der Waals surface area contributed by atoms with E-state index in [1.54, 1.807) is 0 Å². The molecule has 0 unspecified atom stereocenters. The van der Waals surface area contributed by atoms with Crippen molar-refractivity contribution in [1.29, 1.82) is 0 Å². The van der Waals surface area contributed by atoms with Crippen molar-refractivity contribution >= 4 is 11.1 Å². The van der Waals surface area contributed by atoms with Gasteiger partial charge in [0, 0.05) is 13.5 Å². The van der Waals surface area contributed by atoms with Crippen molar-refractivity contribution in [3.05, 3.63) is 29.7 Å². The van der Waals surface area contributed by atoms with Crippen LogP contribution < -0.4 is 0 Å². The molecule has 0 saturated carbocycles. The Bertz CT molecular complexity index is 534. The zero-order chi connectivity index (χ0) is 13.8. The average Bonchev–Trinajstić information content (AvgIpc) is 2.77. The van der Waals surface area contributed by atoms with Gasteiger partial charge < -0.3 is 14.6 Å². The quantitative estimate of drug-likeness (QED) is 0.813. The third-order valence-corrected chi connectivity index (χ3v) is 3.36. The summed E-state index contributed by atoms with van der Waals surface area (Å²) < 4.78 is 5.43. The summed E-state index contributed by atoms with van der Waals surface area (Å²) in [5.41, 5.74) is 2.85. The van der Waals surface area contributed by atoms with Gasteiger partial charge in [0.15, 0.2) is 11.5 Å². The number of hydrogen-bond donors (Lipinski definition) is 2. The minimum atomic E-state index is -0.196. The fraction of sp³-hybridized carbons (Fsp3) is 0.500. The zero-order valence-corrected chi connectivity index (χ0v) is 11.3. The number of benzene rings is 1. The van der Waals surface area contributed by atoms with E-state index in [1.807, 2.05) is 37.1 Å². The highest BCUT2D eigenvalue weighted by atomic mass is 16.3. The van der Waals surface area contributed by atoms with Gasteiger partial charge in [0.25, 0.3) is 0 Å². The first-order chi connectivity index (χ1) is 9.13.